The first kappa shape index (κ1) is 33.6. The molecule has 0 spiro atoms. The lowest BCUT2D eigenvalue weighted by molar-refractivity contribution is -0.384. The molecule has 43 heavy (non-hydrogen) atoms. The summed E-state index contributed by atoms with van der Waals surface area (Å²) in [5.41, 5.74) is 3.30. The maximum Gasteiger partial charge on any atom is 0.339 e. The summed E-state index contributed by atoms with van der Waals surface area (Å²) >= 11 is 3.26. The number of sulfonamides is 1. The molecule has 3 rings (SSSR count). The normalized spacial score (nSPS) is 12.7. The summed E-state index contributed by atoms with van der Waals surface area (Å²) in [6, 6.07) is 12.1. The van der Waals surface area contributed by atoms with Gasteiger partial charge in [0.05, 0.1) is 27.1 Å². The van der Waals surface area contributed by atoms with Crippen molar-refractivity contribution in [3.63, 3.8) is 0 Å². The number of hydrogen-bond acceptors (Lipinski definition) is 10. The van der Waals surface area contributed by atoms with Crippen molar-refractivity contribution in [2.45, 2.75) is 43.5 Å². The number of amides is 1. The van der Waals surface area contributed by atoms with Gasteiger partial charge in [0.25, 0.3) is 11.6 Å². The molecule has 16 heteroatoms. The Hall–Kier alpha value is -3.86. The average molecular weight is 698 g/mol. The number of carbonyl (C=O) groups excluding carboxylic acids is 1. The molecular weight excluding hydrogens is 668 g/mol. The van der Waals surface area contributed by atoms with Crippen molar-refractivity contribution in [1.82, 2.24) is 10.1 Å². The van der Waals surface area contributed by atoms with E-state index < -0.39 is 42.9 Å². The number of ether oxygens (including phenoxy) is 1. The summed E-state index contributed by atoms with van der Waals surface area (Å²) in [6.07, 6.45) is 1.26. The Labute approximate surface area is 257 Å². The molecule has 0 bridgehead atoms. The molecular formula is C27H29BrN4O9S2. The molecule has 0 saturated heterocycles. The molecule has 13 nitrogen and oxygen atoms in total. The monoisotopic (exact) mass is 696 g/mol. The largest absolute Gasteiger partial charge is 0.490 e. The minimum Gasteiger partial charge on any atom is -0.490 e. The minimum absolute atomic E-state index is 0.0197. The summed E-state index contributed by atoms with van der Waals surface area (Å²) in [5.74, 6) is -1.25. The number of benzene rings is 3. The van der Waals surface area contributed by atoms with Gasteiger partial charge < -0.3 is 8.92 Å². The summed E-state index contributed by atoms with van der Waals surface area (Å²) in [5, 5.41) is 14.8. The van der Waals surface area contributed by atoms with Crippen molar-refractivity contribution in [2.75, 3.05) is 6.61 Å². The number of halogens is 1. The number of nitro groups is 1. The number of hydrogen-bond donors (Lipinski definition) is 2. The van der Waals surface area contributed by atoms with Gasteiger partial charge in [0.15, 0.2) is 11.5 Å². The topological polar surface area (TPSA) is 183 Å². The van der Waals surface area contributed by atoms with E-state index in [0.717, 1.165) is 29.8 Å². The number of non-ortho nitro benzene ring substituents is 1. The fourth-order valence-corrected chi connectivity index (χ4v) is 6.53. The van der Waals surface area contributed by atoms with Gasteiger partial charge in [-0.2, -0.15) is 18.2 Å². The van der Waals surface area contributed by atoms with Gasteiger partial charge in [-0.15, -0.1) is 0 Å². The molecule has 0 aliphatic heterocycles. The van der Waals surface area contributed by atoms with Crippen LogP contribution in [0.4, 0.5) is 5.69 Å². The van der Waals surface area contributed by atoms with Crippen LogP contribution < -0.4 is 19.1 Å². The van der Waals surface area contributed by atoms with Gasteiger partial charge >= 0.3 is 10.1 Å². The van der Waals surface area contributed by atoms with Crippen molar-refractivity contribution in [1.29, 1.82) is 0 Å². The van der Waals surface area contributed by atoms with E-state index in [1.807, 2.05) is 6.92 Å². The second-order valence-electron chi connectivity index (χ2n) is 9.44. The molecule has 1 amide bonds. The zero-order valence-corrected chi connectivity index (χ0v) is 26.7. The molecule has 0 heterocycles. The molecule has 1 atom stereocenters. The number of aryl methyl sites for hydroxylation is 1. The summed E-state index contributed by atoms with van der Waals surface area (Å²) in [4.78, 5) is 22.8. The predicted octanol–water partition coefficient (Wildman–Crippen LogP) is 4.29. The second-order valence-corrected chi connectivity index (χ2v) is 13.6. The zero-order valence-electron chi connectivity index (χ0n) is 23.5. The molecule has 230 valence electrons. The van der Waals surface area contributed by atoms with E-state index in [4.69, 9.17) is 8.92 Å². The van der Waals surface area contributed by atoms with E-state index in [2.05, 4.69) is 31.2 Å². The van der Waals surface area contributed by atoms with E-state index in [0.29, 0.717) is 5.56 Å². The van der Waals surface area contributed by atoms with Crippen LogP contribution in [0.25, 0.3) is 0 Å². The number of nitro benzene ring substituents is 1. The molecule has 3 aromatic rings. The number of carbonyl (C=O) groups is 1. The van der Waals surface area contributed by atoms with Gasteiger partial charge in [-0.3, -0.25) is 14.9 Å². The highest BCUT2D eigenvalue weighted by molar-refractivity contribution is 9.10. The van der Waals surface area contributed by atoms with Crippen LogP contribution in [0.2, 0.25) is 0 Å². The van der Waals surface area contributed by atoms with Crippen LogP contribution in [0.15, 0.2) is 80.0 Å². The number of nitrogens with zero attached hydrogens (tertiary/aromatic N) is 2. The number of nitrogens with one attached hydrogen (secondary N) is 2. The maximum atomic E-state index is 12.9. The van der Waals surface area contributed by atoms with Gasteiger partial charge in [0, 0.05) is 12.1 Å². The Morgan fingerprint density at radius 3 is 2.21 bits per heavy atom. The van der Waals surface area contributed by atoms with Gasteiger partial charge in [-0.1, -0.05) is 31.5 Å². The van der Waals surface area contributed by atoms with Crippen LogP contribution in [0.5, 0.6) is 11.5 Å². The second kappa shape index (κ2) is 14.1. The van der Waals surface area contributed by atoms with Crippen molar-refractivity contribution in [3.05, 3.63) is 86.4 Å². The molecule has 0 aliphatic rings. The van der Waals surface area contributed by atoms with Crippen LogP contribution >= 0.6 is 15.9 Å². The van der Waals surface area contributed by atoms with Crippen LogP contribution in [0.3, 0.4) is 0 Å². The lowest BCUT2D eigenvalue weighted by Gasteiger charge is -2.20. The molecule has 0 fully saturated rings. The van der Waals surface area contributed by atoms with Gasteiger partial charge in [0.1, 0.15) is 10.9 Å². The third-order valence-corrected chi connectivity index (χ3v) is 9.09. The van der Waals surface area contributed by atoms with Crippen molar-refractivity contribution >= 4 is 53.9 Å². The fourth-order valence-electron chi connectivity index (χ4n) is 3.58. The highest BCUT2D eigenvalue weighted by atomic mass is 79.9. The minimum atomic E-state index is -4.39. The van der Waals surface area contributed by atoms with Gasteiger partial charge in [-0.05, 0) is 77.7 Å². The smallest absolute Gasteiger partial charge is 0.339 e. The Morgan fingerprint density at radius 2 is 1.65 bits per heavy atom. The van der Waals surface area contributed by atoms with Crippen LogP contribution in [-0.2, 0) is 24.9 Å². The van der Waals surface area contributed by atoms with E-state index in [9.17, 15) is 31.7 Å². The Kier molecular flexibility index (Phi) is 11.0. The molecule has 2 N–H and O–H groups in total. The van der Waals surface area contributed by atoms with E-state index in [-0.39, 0.29) is 38.1 Å². The molecule has 0 saturated carbocycles. The van der Waals surface area contributed by atoms with E-state index >= 15 is 0 Å². The van der Waals surface area contributed by atoms with Crippen molar-refractivity contribution < 1.29 is 35.5 Å². The quantitative estimate of drug-likeness (QED) is 0.114. The van der Waals surface area contributed by atoms with E-state index in [1.54, 1.807) is 32.9 Å². The van der Waals surface area contributed by atoms with Crippen LogP contribution in [0, 0.1) is 23.0 Å². The Bertz CT molecular complexity index is 1730. The first-order chi connectivity index (χ1) is 20.1. The number of rotatable bonds is 13. The standard InChI is InChI=1S/C27H29BrN4O9S2/c1-5-40-24-15-19(14-23(28)26(24)41-43(38,39)22-12-8-20(9-13-22)32(34)35)16-29-30-27(33)25(17(2)3)31-42(36,37)21-10-6-18(4)7-11-21/h6-17,25,31H,5H2,1-4H3,(H,30,33)/b29-16-/t25-/m0/s1. The Balaban J connectivity index is 1.79. The number of hydrazone groups is 1. The summed E-state index contributed by atoms with van der Waals surface area (Å²) in [6.45, 7) is 7.01. The fraction of sp³-hybridized carbons (Fsp3) is 0.259. The van der Waals surface area contributed by atoms with Gasteiger partial charge in [0.2, 0.25) is 10.0 Å². The molecule has 0 aliphatic carbocycles. The average Bonchev–Trinajstić information content (AvgIpc) is 2.94. The van der Waals surface area contributed by atoms with Crippen molar-refractivity contribution in [3.8, 4) is 11.5 Å². The molecule has 0 radical (unpaired) electrons. The summed E-state index contributed by atoms with van der Waals surface area (Å²) in [7, 11) is -8.38. The molecule has 3 aromatic carbocycles. The van der Waals surface area contributed by atoms with Crippen LogP contribution in [0.1, 0.15) is 31.9 Å². The summed E-state index contributed by atoms with van der Waals surface area (Å²) < 4.78 is 64.8. The van der Waals surface area contributed by atoms with E-state index in [1.165, 1.54) is 30.5 Å². The SMILES string of the molecule is CCOc1cc(/C=N\NC(=O)[C@@H](NS(=O)(=O)c2ccc(C)cc2)C(C)C)cc(Br)c1OS(=O)(=O)c1ccc([N+](=O)[O-])cc1. The lowest BCUT2D eigenvalue weighted by Crippen LogP contribution is -2.48. The van der Waals surface area contributed by atoms with Gasteiger partial charge in [-0.25, -0.2) is 13.8 Å². The highest BCUT2D eigenvalue weighted by Crippen LogP contribution is 2.38. The molecule has 0 aromatic heterocycles. The first-order valence-electron chi connectivity index (χ1n) is 12.7. The zero-order chi connectivity index (χ0) is 31.9. The first-order valence-corrected chi connectivity index (χ1v) is 16.4. The van der Waals surface area contributed by atoms with Crippen molar-refractivity contribution in [2.24, 2.45) is 11.0 Å². The predicted molar refractivity (Wildman–Crippen MR) is 162 cm³/mol. The third kappa shape index (κ3) is 8.82. The maximum absolute atomic E-state index is 12.9. The third-order valence-electron chi connectivity index (χ3n) is 5.81. The van der Waals surface area contributed by atoms with Crippen LogP contribution in [-0.4, -0.2) is 46.5 Å². The highest BCUT2D eigenvalue weighted by Gasteiger charge is 2.28. The lowest BCUT2D eigenvalue weighted by atomic mass is 10.1. The molecule has 0 unspecified atom stereocenters. The Morgan fingerprint density at radius 1 is 1.05 bits per heavy atom.